The first-order valence-corrected chi connectivity index (χ1v) is 15.9. The second-order valence-electron chi connectivity index (χ2n) is 13.3. The van der Waals surface area contributed by atoms with Crippen LogP contribution in [0, 0.1) is 17.3 Å². The molecule has 1 unspecified atom stereocenters. The van der Waals surface area contributed by atoms with Gasteiger partial charge in [-0.25, -0.2) is 9.97 Å². The molecule has 0 spiro atoms. The Morgan fingerprint density at radius 2 is 1.27 bits per heavy atom. The van der Waals surface area contributed by atoms with Crippen molar-refractivity contribution in [2.45, 2.75) is 57.5 Å². The van der Waals surface area contributed by atoms with E-state index in [1.165, 1.54) is 30.4 Å². The molecule has 5 aliphatic rings. The van der Waals surface area contributed by atoms with Gasteiger partial charge in [-0.05, 0) is 158 Å². The van der Waals surface area contributed by atoms with E-state index in [1.54, 1.807) is 0 Å². The van der Waals surface area contributed by atoms with E-state index in [0.29, 0.717) is 17.6 Å². The zero-order valence-electron chi connectivity index (χ0n) is 25.0. The first-order valence-electron chi connectivity index (χ1n) is 15.9. The largest absolute Gasteiger partial charge is 0.508 e. The molecular weight excluding hydrogens is 544 g/mol. The molecule has 2 aliphatic heterocycles. The van der Waals surface area contributed by atoms with Gasteiger partial charge in [0, 0.05) is 22.1 Å². The van der Waals surface area contributed by atoms with Crippen LogP contribution >= 0.6 is 0 Å². The second kappa shape index (κ2) is 10.6. The van der Waals surface area contributed by atoms with Crippen LogP contribution in [-0.4, -0.2) is 36.3 Å². The average molecular weight is 583 g/mol. The van der Waals surface area contributed by atoms with Gasteiger partial charge < -0.3 is 20.2 Å². The van der Waals surface area contributed by atoms with E-state index in [4.69, 9.17) is 0 Å². The molecular formula is C38H38N4O2. The average Bonchev–Trinajstić information content (AvgIpc) is 3.85. The van der Waals surface area contributed by atoms with Gasteiger partial charge in [0.2, 0.25) is 0 Å². The molecule has 222 valence electrons. The van der Waals surface area contributed by atoms with Gasteiger partial charge in [0.25, 0.3) is 0 Å². The Labute approximate surface area is 257 Å². The van der Waals surface area contributed by atoms with Crippen LogP contribution in [0.15, 0.2) is 66.7 Å². The first-order chi connectivity index (χ1) is 21.4. The van der Waals surface area contributed by atoms with Crippen molar-refractivity contribution in [2.75, 3.05) is 0 Å². The minimum atomic E-state index is -0.0883. The van der Waals surface area contributed by atoms with E-state index < -0.39 is 0 Å². The van der Waals surface area contributed by atoms with E-state index >= 15 is 0 Å². The zero-order valence-corrected chi connectivity index (χ0v) is 25.0. The van der Waals surface area contributed by atoms with E-state index in [1.807, 2.05) is 54.6 Å². The third-order valence-corrected chi connectivity index (χ3v) is 10.7. The maximum absolute atomic E-state index is 10.4. The number of nitrogens with zero attached hydrogens (tertiary/aromatic N) is 2. The number of phenols is 1. The number of H-pyrrole nitrogens is 2. The summed E-state index contributed by atoms with van der Waals surface area (Å²) in [6, 6.07) is 22.4. The summed E-state index contributed by atoms with van der Waals surface area (Å²) in [6.07, 6.45) is 14.8. The number of hydrogen-bond acceptors (Lipinski definition) is 4. The molecule has 0 saturated heterocycles. The molecule has 2 saturated carbocycles. The summed E-state index contributed by atoms with van der Waals surface area (Å²) in [5.74, 6) is 2.49. The summed E-state index contributed by atoms with van der Waals surface area (Å²) < 4.78 is 0. The molecule has 8 bridgehead atoms. The van der Waals surface area contributed by atoms with Gasteiger partial charge in [-0.3, -0.25) is 0 Å². The number of nitrogens with one attached hydrogen (secondary N) is 2. The fraction of sp³-hybridized carbons (Fsp3) is 0.316. The summed E-state index contributed by atoms with van der Waals surface area (Å²) in [4.78, 5) is 16.0. The highest BCUT2D eigenvalue weighted by Gasteiger charge is 2.54. The van der Waals surface area contributed by atoms with Crippen LogP contribution in [0.25, 0.3) is 46.4 Å². The van der Waals surface area contributed by atoms with Gasteiger partial charge in [-0.15, -0.1) is 0 Å². The number of phenolic OH excluding ortho intramolecular Hbond substituents is 1. The molecule has 9 rings (SSSR count). The number of aryl methyl sites for hydroxylation is 1. The molecule has 6 nitrogen and oxygen atoms in total. The molecule has 1 aromatic carbocycles. The maximum Gasteiger partial charge on any atom is 0.115 e. The van der Waals surface area contributed by atoms with E-state index in [2.05, 4.69) is 63.3 Å². The molecule has 0 amide bonds. The Hall–Kier alpha value is -4.42. The molecule has 44 heavy (non-hydrogen) atoms. The lowest BCUT2D eigenvalue weighted by molar-refractivity contribution is -0.0226. The number of hydrogen-bond donors (Lipinski definition) is 4. The highest BCUT2D eigenvalue weighted by Crippen LogP contribution is 2.60. The minimum Gasteiger partial charge on any atom is -0.508 e. The highest BCUT2D eigenvalue weighted by atomic mass is 16.3. The fourth-order valence-electron chi connectivity index (χ4n) is 8.49. The van der Waals surface area contributed by atoms with E-state index in [0.717, 1.165) is 70.0 Å². The van der Waals surface area contributed by atoms with Crippen molar-refractivity contribution in [1.29, 1.82) is 0 Å². The Balaban J connectivity index is 0.000000134. The van der Waals surface area contributed by atoms with Crippen LogP contribution in [0.5, 0.6) is 5.75 Å². The number of aromatic nitrogens is 4. The van der Waals surface area contributed by atoms with E-state index in [9.17, 15) is 10.2 Å². The normalized spacial score (nSPS) is 26.3. The number of aromatic amines is 2. The quantitative estimate of drug-likeness (QED) is 0.145. The lowest BCUT2D eigenvalue weighted by Gasteiger charge is -2.50. The van der Waals surface area contributed by atoms with Gasteiger partial charge in [0.05, 0.1) is 28.9 Å². The van der Waals surface area contributed by atoms with Crippen molar-refractivity contribution < 1.29 is 10.2 Å². The third kappa shape index (κ3) is 4.97. The minimum absolute atomic E-state index is 0.0883. The summed E-state index contributed by atoms with van der Waals surface area (Å²) >= 11 is 0. The molecule has 6 heteroatoms. The fourth-order valence-corrected chi connectivity index (χ4v) is 8.49. The van der Waals surface area contributed by atoms with Crippen molar-refractivity contribution in [2.24, 2.45) is 17.3 Å². The van der Waals surface area contributed by atoms with Crippen molar-refractivity contribution in [3.8, 4) is 5.75 Å². The molecule has 5 heterocycles. The smallest absolute Gasteiger partial charge is 0.115 e. The number of fused-ring (bicyclic) bond motifs is 13. The van der Waals surface area contributed by atoms with Crippen molar-refractivity contribution in [1.82, 2.24) is 19.9 Å². The second-order valence-corrected chi connectivity index (χ2v) is 13.3. The van der Waals surface area contributed by atoms with Crippen LogP contribution in [0.4, 0.5) is 0 Å². The van der Waals surface area contributed by atoms with Crippen LogP contribution in [0.2, 0.25) is 0 Å². The standard InChI is InChI=1S/C20H14N4.C18H24O2/c1-2-14-10-16-5-6-18(23-16)12-20-8-7-19(24-20)11-17-4-3-15(22-17)9-13(1)21-14;1-18-9-8-14-13-5-3-12(19)10-11(13)2-4-15(14)16(18)6-7-17(18)20/h1-12,21-22H;3,5,10,14-17,19-20H,2,4,6-9H2,1H3/t;14-,15-,16+,17?,18+/m.1/s1. The maximum atomic E-state index is 10.4. The third-order valence-electron chi connectivity index (χ3n) is 10.7. The Morgan fingerprint density at radius 3 is 1.91 bits per heavy atom. The molecule has 3 aromatic heterocycles. The molecule has 3 aliphatic carbocycles. The number of aliphatic hydroxyl groups is 1. The monoisotopic (exact) mass is 582 g/mol. The highest BCUT2D eigenvalue weighted by molar-refractivity contribution is 5.77. The van der Waals surface area contributed by atoms with Crippen LogP contribution in [0.1, 0.15) is 78.8 Å². The lowest BCUT2D eigenvalue weighted by atomic mass is 9.55. The number of aromatic hydroxyl groups is 1. The number of aliphatic hydroxyl groups excluding tert-OH is 1. The molecule has 5 atom stereocenters. The summed E-state index contributed by atoms with van der Waals surface area (Å²) in [5, 5.41) is 20.0. The van der Waals surface area contributed by atoms with E-state index in [-0.39, 0.29) is 11.5 Å². The topological polar surface area (TPSA) is 97.8 Å². The van der Waals surface area contributed by atoms with Gasteiger partial charge in [0.1, 0.15) is 5.75 Å². The predicted octanol–water partition coefficient (Wildman–Crippen LogP) is 8.26. The predicted molar refractivity (Wildman–Crippen MR) is 178 cm³/mol. The summed E-state index contributed by atoms with van der Waals surface area (Å²) in [7, 11) is 0. The van der Waals surface area contributed by atoms with Crippen LogP contribution in [0.3, 0.4) is 0 Å². The summed E-state index contributed by atoms with van der Waals surface area (Å²) in [5.41, 5.74) is 10.9. The Morgan fingerprint density at radius 1 is 0.682 bits per heavy atom. The first kappa shape index (κ1) is 27.2. The Bertz CT molecular complexity index is 1880. The van der Waals surface area contributed by atoms with Crippen molar-refractivity contribution >= 4 is 46.4 Å². The lowest BCUT2D eigenvalue weighted by Crippen LogP contribution is -2.43. The zero-order chi connectivity index (χ0) is 29.8. The molecule has 2 fully saturated rings. The van der Waals surface area contributed by atoms with Crippen LogP contribution < -0.4 is 0 Å². The van der Waals surface area contributed by atoms with Gasteiger partial charge in [-0.1, -0.05) is 13.0 Å². The Kier molecular flexibility index (Phi) is 6.56. The molecule has 0 radical (unpaired) electrons. The van der Waals surface area contributed by atoms with Gasteiger partial charge in [0.15, 0.2) is 0 Å². The summed E-state index contributed by atoms with van der Waals surface area (Å²) in [6.45, 7) is 2.32. The molecule has 4 N–H and O–H groups in total. The molecule has 4 aromatic rings. The van der Waals surface area contributed by atoms with Crippen molar-refractivity contribution in [3.63, 3.8) is 0 Å². The number of rotatable bonds is 0. The van der Waals surface area contributed by atoms with Crippen molar-refractivity contribution in [3.05, 3.63) is 101 Å². The van der Waals surface area contributed by atoms with Crippen LogP contribution in [-0.2, 0) is 6.42 Å². The SMILES string of the molecule is C1=Cc2cc3ccc(cc4ccc(cc5nc(cc1n2)C=C5)[nH]4)[nH]3.C[C@]12CC[C@@H]3c4ccc(O)cc4CC[C@H]3[C@@H]1CCC2O. The number of benzene rings is 1. The van der Waals surface area contributed by atoms with Gasteiger partial charge >= 0.3 is 0 Å². The van der Waals surface area contributed by atoms with Gasteiger partial charge in [-0.2, -0.15) is 0 Å².